The molecule has 2 aromatic heterocycles. The molecule has 2 heterocycles. The van der Waals surface area contributed by atoms with Crippen LogP contribution in [0, 0.1) is 6.92 Å². The van der Waals surface area contributed by atoms with Gasteiger partial charge in [-0.2, -0.15) is 0 Å². The monoisotopic (exact) mass is 248 g/mol. The number of carbonyl (C=O) groups is 2. The molecule has 5 heteroatoms. The number of aromatic nitrogens is 2. The minimum Gasteiger partial charge on any atom is -0.350 e. The molecular formula is C12H12N2O2S. The fourth-order valence-electron chi connectivity index (χ4n) is 1.75. The lowest BCUT2D eigenvalue weighted by molar-refractivity contribution is 0.0983. The second-order valence-electron chi connectivity index (χ2n) is 3.68. The Balaban J connectivity index is 2.61. The van der Waals surface area contributed by atoms with Crippen LogP contribution in [0.1, 0.15) is 39.8 Å². The quantitative estimate of drug-likeness (QED) is 0.668. The maximum Gasteiger partial charge on any atom is 0.179 e. The lowest BCUT2D eigenvalue weighted by Gasteiger charge is -1.94. The first-order valence-corrected chi connectivity index (χ1v) is 6.22. The third kappa shape index (κ3) is 1.93. The predicted molar refractivity (Wildman–Crippen MR) is 66.6 cm³/mol. The number of hydrogen-bond acceptors (Lipinski definition) is 4. The van der Waals surface area contributed by atoms with Gasteiger partial charge in [0.25, 0.3) is 0 Å². The van der Waals surface area contributed by atoms with E-state index in [0.29, 0.717) is 34.6 Å². The molecule has 0 amide bonds. The van der Waals surface area contributed by atoms with Gasteiger partial charge >= 0.3 is 0 Å². The van der Waals surface area contributed by atoms with Gasteiger partial charge in [0.15, 0.2) is 12.1 Å². The van der Waals surface area contributed by atoms with Gasteiger partial charge in [0.2, 0.25) is 0 Å². The Morgan fingerprint density at radius 1 is 1.59 bits per heavy atom. The van der Waals surface area contributed by atoms with Gasteiger partial charge in [0, 0.05) is 17.4 Å². The van der Waals surface area contributed by atoms with E-state index in [1.807, 2.05) is 5.38 Å². The van der Waals surface area contributed by atoms with Crippen molar-refractivity contribution in [2.45, 2.75) is 20.3 Å². The van der Waals surface area contributed by atoms with Crippen LogP contribution in [0.25, 0.3) is 11.4 Å². The maximum atomic E-state index is 11.7. The van der Waals surface area contributed by atoms with Crippen LogP contribution in [0.5, 0.6) is 0 Å². The standard InChI is InChI=1S/C12H12N2O2S/c1-3-10(16)11-7(2)8(4-15)12(14-11)9-5-17-6-13-9/h4-6,14H,3H2,1-2H3. The van der Waals surface area contributed by atoms with Gasteiger partial charge in [-0.15, -0.1) is 11.3 Å². The lowest BCUT2D eigenvalue weighted by atomic mass is 10.1. The third-order valence-electron chi connectivity index (χ3n) is 2.70. The number of nitrogens with zero attached hydrogens (tertiary/aromatic N) is 1. The Morgan fingerprint density at radius 2 is 2.35 bits per heavy atom. The number of aldehydes is 1. The molecule has 0 atom stereocenters. The highest BCUT2D eigenvalue weighted by Crippen LogP contribution is 2.27. The van der Waals surface area contributed by atoms with Crippen LogP contribution in [0.15, 0.2) is 10.9 Å². The second-order valence-corrected chi connectivity index (χ2v) is 4.40. The molecule has 2 rings (SSSR count). The number of thiazole rings is 1. The van der Waals surface area contributed by atoms with Crippen molar-refractivity contribution < 1.29 is 9.59 Å². The minimum absolute atomic E-state index is 0.00656. The fourth-order valence-corrected chi connectivity index (χ4v) is 2.29. The topological polar surface area (TPSA) is 62.8 Å². The summed E-state index contributed by atoms with van der Waals surface area (Å²) in [6.07, 6.45) is 1.18. The maximum absolute atomic E-state index is 11.7. The average molecular weight is 248 g/mol. The van der Waals surface area contributed by atoms with Crippen LogP contribution >= 0.6 is 11.3 Å². The second kappa shape index (κ2) is 4.63. The van der Waals surface area contributed by atoms with Gasteiger partial charge in [-0.3, -0.25) is 9.59 Å². The molecule has 0 saturated heterocycles. The van der Waals surface area contributed by atoms with Crippen molar-refractivity contribution in [1.82, 2.24) is 9.97 Å². The van der Waals surface area contributed by atoms with Crippen molar-refractivity contribution in [2.75, 3.05) is 0 Å². The molecule has 0 bridgehead atoms. The fraction of sp³-hybridized carbons (Fsp3) is 0.250. The van der Waals surface area contributed by atoms with E-state index >= 15 is 0 Å². The highest BCUT2D eigenvalue weighted by atomic mass is 32.1. The number of rotatable bonds is 4. The summed E-state index contributed by atoms with van der Waals surface area (Å²) in [6.45, 7) is 3.57. The molecule has 0 aliphatic rings. The van der Waals surface area contributed by atoms with Gasteiger partial charge in [-0.05, 0) is 12.5 Å². The number of H-pyrrole nitrogens is 1. The van der Waals surface area contributed by atoms with Gasteiger partial charge < -0.3 is 4.98 Å². The number of nitrogens with one attached hydrogen (secondary N) is 1. The van der Waals surface area contributed by atoms with Crippen molar-refractivity contribution >= 4 is 23.4 Å². The molecule has 0 saturated carbocycles. The van der Waals surface area contributed by atoms with E-state index < -0.39 is 0 Å². The van der Waals surface area contributed by atoms with Crippen LogP contribution in [0.2, 0.25) is 0 Å². The van der Waals surface area contributed by atoms with Crippen molar-refractivity contribution in [1.29, 1.82) is 0 Å². The van der Waals surface area contributed by atoms with Gasteiger partial charge in [0.1, 0.15) is 0 Å². The summed E-state index contributed by atoms with van der Waals surface area (Å²) >= 11 is 1.45. The van der Waals surface area contributed by atoms with Gasteiger partial charge in [-0.1, -0.05) is 6.92 Å². The van der Waals surface area contributed by atoms with Crippen LogP contribution in [0.4, 0.5) is 0 Å². The zero-order chi connectivity index (χ0) is 12.4. The highest BCUT2D eigenvalue weighted by molar-refractivity contribution is 7.07. The van der Waals surface area contributed by atoms with E-state index in [9.17, 15) is 9.59 Å². The molecule has 17 heavy (non-hydrogen) atoms. The van der Waals surface area contributed by atoms with Crippen molar-refractivity contribution in [3.63, 3.8) is 0 Å². The molecule has 0 radical (unpaired) electrons. The molecule has 0 aromatic carbocycles. The average Bonchev–Trinajstić information content (AvgIpc) is 2.95. The number of ketones is 1. The summed E-state index contributed by atoms with van der Waals surface area (Å²) in [5.41, 5.74) is 4.77. The normalized spacial score (nSPS) is 10.5. The highest BCUT2D eigenvalue weighted by Gasteiger charge is 2.19. The molecule has 0 fully saturated rings. The number of hydrogen-bond donors (Lipinski definition) is 1. The third-order valence-corrected chi connectivity index (χ3v) is 3.29. The molecule has 4 nitrogen and oxygen atoms in total. The first kappa shape index (κ1) is 11.7. The summed E-state index contributed by atoms with van der Waals surface area (Å²) in [5.74, 6) is 0.00656. The van der Waals surface area contributed by atoms with Crippen LogP contribution in [-0.2, 0) is 0 Å². The van der Waals surface area contributed by atoms with E-state index in [1.54, 1.807) is 19.4 Å². The number of aromatic amines is 1. The predicted octanol–water partition coefficient (Wildman–Crippen LogP) is 2.85. The number of Topliss-reactive ketones (excluding diaryl/α,β-unsaturated/α-hetero) is 1. The largest absolute Gasteiger partial charge is 0.350 e. The van der Waals surface area contributed by atoms with Crippen LogP contribution < -0.4 is 0 Å². The van der Waals surface area contributed by atoms with Crippen LogP contribution in [0.3, 0.4) is 0 Å². The Kier molecular flexibility index (Phi) is 3.19. The molecule has 1 N–H and O–H groups in total. The van der Waals surface area contributed by atoms with E-state index in [0.717, 1.165) is 6.29 Å². The minimum atomic E-state index is 0.00656. The smallest absolute Gasteiger partial charge is 0.179 e. The van der Waals surface area contributed by atoms with Crippen LogP contribution in [-0.4, -0.2) is 22.0 Å². The van der Waals surface area contributed by atoms with Crippen molar-refractivity contribution in [3.8, 4) is 11.4 Å². The SMILES string of the molecule is CCC(=O)c1[nH]c(-c2cscn2)c(C=O)c1C. The molecular weight excluding hydrogens is 236 g/mol. The molecule has 0 unspecified atom stereocenters. The van der Waals surface area contributed by atoms with Crippen molar-refractivity contribution in [3.05, 3.63) is 27.7 Å². The summed E-state index contributed by atoms with van der Waals surface area (Å²) in [5, 5.41) is 1.85. The lowest BCUT2D eigenvalue weighted by Crippen LogP contribution is -1.99. The molecule has 0 aliphatic carbocycles. The Hall–Kier alpha value is -1.75. The molecule has 0 spiro atoms. The zero-order valence-electron chi connectivity index (χ0n) is 9.61. The van der Waals surface area contributed by atoms with E-state index in [-0.39, 0.29) is 5.78 Å². The van der Waals surface area contributed by atoms with Gasteiger partial charge in [-0.25, -0.2) is 4.98 Å². The molecule has 2 aromatic rings. The Bertz CT molecular complexity index is 555. The summed E-state index contributed by atoms with van der Waals surface area (Å²) in [4.78, 5) is 30.0. The first-order chi connectivity index (χ1) is 8.19. The Morgan fingerprint density at radius 3 is 2.88 bits per heavy atom. The summed E-state index contributed by atoms with van der Waals surface area (Å²) in [6, 6.07) is 0. The summed E-state index contributed by atoms with van der Waals surface area (Å²) in [7, 11) is 0. The number of carbonyl (C=O) groups excluding carboxylic acids is 2. The van der Waals surface area contributed by atoms with Crippen molar-refractivity contribution in [2.24, 2.45) is 0 Å². The molecule has 88 valence electrons. The summed E-state index contributed by atoms with van der Waals surface area (Å²) < 4.78 is 0. The van der Waals surface area contributed by atoms with Gasteiger partial charge in [0.05, 0.1) is 22.6 Å². The first-order valence-electron chi connectivity index (χ1n) is 5.28. The molecule has 0 aliphatic heterocycles. The Labute approximate surface area is 103 Å². The van der Waals surface area contributed by atoms with E-state index in [2.05, 4.69) is 9.97 Å². The van der Waals surface area contributed by atoms with E-state index in [1.165, 1.54) is 11.3 Å². The van der Waals surface area contributed by atoms with E-state index in [4.69, 9.17) is 0 Å². The zero-order valence-corrected chi connectivity index (χ0v) is 10.4.